The highest BCUT2D eigenvalue weighted by atomic mass is 32.1. The maximum Gasteiger partial charge on any atom is 0.271 e. The third kappa shape index (κ3) is 3.75. The molecule has 0 unspecified atom stereocenters. The van der Waals surface area contributed by atoms with Gasteiger partial charge in [-0.3, -0.25) is 14.9 Å². The van der Waals surface area contributed by atoms with Crippen LogP contribution in [0.1, 0.15) is 4.88 Å². The number of carbonyl (C=O) groups is 1. The van der Waals surface area contributed by atoms with Gasteiger partial charge in [-0.1, -0.05) is 12.1 Å². The molecule has 1 aromatic heterocycles. The Morgan fingerprint density at radius 1 is 1.38 bits per heavy atom. The summed E-state index contributed by atoms with van der Waals surface area (Å²) in [5, 5.41) is 24.0. The molecule has 2 aromatic rings. The molecule has 104 valence electrons. The van der Waals surface area contributed by atoms with Gasteiger partial charge in [0, 0.05) is 22.7 Å². The molecule has 2 rings (SSSR count). The van der Waals surface area contributed by atoms with E-state index in [0.717, 1.165) is 4.88 Å². The Kier molecular flexibility index (Phi) is 4.43. The fraction of sp³-hybridized carbons (Fsp3) is 0. The minimum Gasteiger partial charge on any atom is -0.321 e. The lowest BCUT2D eigenvalue weighted by molar-refractivity contribution is -0.384. The number of anilines is 1. The number of nitro groups is 1. The minimum absolute atomic E-state index is 0.0658. The van der Waals surface area contributed by atoms with E-state index in [4.69, 9.17) is 5.26 Å². The van der Waals surface area contributed by atoms with Crippen molar-refractivity contribution in [2.45, 2.75) is 0 Å². The first-order chi connectivity index (χ1) is 10.1. The molecule has 0 spiro atoms. The average Bonchev–Trinajstić information content (AvgIpc) is 2.97. The van der Waals surface area contributed by atoms with E-state index < -0.39 is 10.8 Å². The van der Waals surface area contributed by atoms with Gasteiger partial charge in [0.25, 0.3) is 11.6 Å². The van der Waals surface area contributed by atoms with Gasteiger partial charge in [-0.15, -0.1) is 11.3 Å². The Labute approximate surface area is 124 Å². The van der Waals surface area contributed by atoms with Crippen LogP contribution >= 0.6 is 11.3 Å². The second-order valence-electron chi connectivity index (χ2n) is 3.95. The molecule has 0 aliphatic heterocycles. The zero-order valence-electron chi connectivity index (χ0n) is 10.6. The molecule has 0 atom stereocenters. The second kappa shape index (κ2) is 6.45. The SMILES string of the molecule is N#C/C(=C\c1cccs1)C(=O)Nc1cccc([N+](=O)[O-])c1. The molecule has 1 amide bonds. The van der Waals surface area contributed by atoms with Gasteiger partial charge in [0.05, 0.1) is 4.92 Å². The zero-order valence-corrected chi connectivity index (χ0v) is 11.5. The van der Waals surface area contributed by atoms with Crippen LogP contribution in [0.3, 0.4) is 0 Å². The molecule has 1 heterocycles. The first-order valence-electron chi connectivity index (χ1n) is 5.81. The molecule has 6 nitrogen and oxygen atoms in total. The minimum atomic E-state index is -0.605. The van der Waals surface area contributed by atoms with Crippen LogP contribution in [0.4, 0.5) is 11.4 Å². The van der Waals surface area contributed by atoms with Crippen molar-refractivity contribution in [3.63, 3.8) is 0 Å². The van der Waals surface area contributed by atoms with Crippen molar-refractivity contribution < 1.29 is 9.72 Å². The number of nitrogens with zero attached hydrogens (tertiary/aromatic N) is 2. The molecule has 0 bridgehead atoms. The summed E-state index contributed by atoms with van der Waals surface area (Å²) in [6, 6.07) is 10.9. The van der Waals surface area contributed by atoms with E-state index in [1.54, 1.807) is 6.07 Å². The number of hydrogen-bond acceptors (Lipinski definition) is 5. The highest BCUT2D eigenvalue weighted by Gasteiger charge is 2.12. The number of benzene rings is 1. The molecule has 0 fully saturated rings. The van der Waals surface area contributed by atoms with E-state index in [-0.39, 0.29) is 16.9 Å². The zero-order chi connectivity index (χ0) is 15.2. The van der Waals surface area contributed by atoms with E-state index in [1.165, 1.54) is 41.7 Å². The lowest BCUT2D eigenvalue weighted by atomic mass is 10.2. The summed E-state index contributed by atoms with van der Waals surface area (Å²) in [5.41, 5.74) is 0.0685. The van der Waals surface area contributed by atoms with Crippen LogP contribution in [0, 0.1) is 21.4 Å². The van der Waals surface area contributed by atoms with Gasteiger partial charge in [0.2, 0.25) is 0 Å². The third-order valence-corrected chi connectivity index (χ3v) is 3.33. The number of nitriles is 1. The van der Waals surface area contributed by atoms with Gasteiger partial charge < -0.3 is 5.32 Å². The Bertz CT molecular complexity index is 745. The molecule has 1 aromatic carbocycles. The summed E-state index contributed by atoms with van der Waals surface area (Å²) in [6.45, 7) is 0. The summed E-state index contributed by atoms with van der Waals surface area (Å²) >= 11 is 1.40. The van der Waals surface area contributed by atoms with E-state index in [1.807, 2.05) is 17.5 Å². The predicted octanol–water partition coefficient (Wildman–Crippen LogP) is 3.20. The normalized spacial score (nSPS) is 10.7. The van der Waals surface area contributed by atoms with Gasteiger partial charge >= 0.3 is 0 Å². The standard InChI is InChI=1S/C14H9N3O3S/c15-9-10(7-13-5-2-6-21-13)14(18)16-11-3-1-4-12(8-11)17(19)20/h1-8H,(H,16,18)/b10-7+. The van der Waals surface area contributed by atoms with E-state index in [0.29, 0.717) is 0 Å². The average molecular weight is 299 g/mol. The molecular formula is C14H9N3O3S. The highest BCUT2D eigenvalue weighted by molar-refractivity contribution is 7.10. The molecule has 7 heteroatoms. The van der Waals surface area contributed by atoms with Crippen LogP contribution in [-0.2, 0) is 4.79 Å². The summed E-state index contributed by atoms with van der Waals surface area (Å²) < 4.78 is 0. The fourth-order valence-corrected chi connectivity index (χ4v) is 2.22. The van der Waals surface area contributed by atoms with Crippen LogP contribution < -0.4 is 5.32 Å². The molecule has 0 aliphatic rings. The number of carbonyl (C=O) groups excluding carboxylic acids is 1. The summed E-state index contributed by atoms with van der Waals surface area (Å²) in [6.07, 6.45) is 1.47. The van der Waals surface area contributed by atoms with Gasteiger partial charge in [0.1, 0.15) is 11.6 Å². The molecular weight excluding hydrogens is 290 g/mol. The molecule has 0 saturated heterocycles. The maximum atomic E-state index is 12.0. The van der Waals surface area contributed by atoms with Crippen molar-refractivity contribution in [2.75, 3.05) is 5.32 Å². The van der Waals surface area contributed by atoms with Crippen molar-refractivity contribution in [1.82, 2.24) is 0 Å². The first-order valence-corrected chi connectivity index (χ1v) is 6.69. The number of nitro benzene ring substituents is 1. The topological polar surface area (TPSA) is 96.0 Å². The predicted molar refractivity (Wildman–Crippen MR) is 79.6 cm³/mol. The Morgan fingerprint density at radius 2 is 2.19 bits per heavy atom. The quantitative estimate of drug-likeness (QED) is 0.406. The van der Waals surface area contributed by atoms with Crippen LogP contribution in [0.2, 0.25) is 0 Å². The van der Waals surface area contributed by atoms with Crippen molar-refractivity contribution in [2.24, 2.45) is 0 Å². The van der Waals surface area contributed by atoms with Crippen LogP contribution in [-0.4, -0.2) is 10.8 Å². The number of hydrogen-bond donors (Lipinski definition) is 1. The summed E-state index contributed by atoms with van der Waals surface area (Å²) in [7, 11) is 0. The van der Waals surface area contributed by atoms with Gasteiger partial charge in [-0.25, -0.2) is 0 Å². The van der Waals surface area contributed by atoms with Gasteiger partial charge in [0.15, 0.2) is 0 Å². The highest BCUT2D eigenvalue weighted by Crippen LogP contribution is 2.18. The number of rotatable bonds is 4. The molecule has 1 N–H and O–H groups in total. The number of thiophene rings is 1. The first kappa shape index (κ1) is 14.4. The van der Waals surface area contributed by atoms with Crippen molar-refractivity contribution >= 4 is 34.7 Å². The fourth-order valence-electron chi connectivity index (χ4n) is 1.56. The Hall–Kier alpha value is -2.98. The van der Waals surface area contributed by atoms with Crippen molar-refractivity contribution in [3.05, 3.63) is 62.3 Å². The largest absolute Gasteiger partial charge is 0.321 e. The van der Waals surface area contributed by atoms with Crippen molar-refractivity contribution in [1.29, 1.82) is 5.26 Å². The van der Waals surface area contributed by atoms with Gasteiger partial charge in [-0.05, 0) is 23.6 Å². The number of amides is 1. The van der Waals surface area contributed by atoms with Crippen LogP contribution in [0.5, 0.6) is 0 Å². The summed E-state index contributed by atoms with van der Waals surface area (Å²) in [5.74, 6) is -0.605. The molecule has 21 heavy (non-hydrogen) atoms. The number of nitrogens with one attached hydrogen (secondary N) is 1. The monoisotopic (exact) mass is 299 g/mol. The van der Waals surface area contributed by atoms with E-state index >= 15 is 0 Å². The lowest BCUT2D eigenvalue weighted by Gasteiger charge is -2.03. The Balaban J connectivity index is 2.19. The van der Waals surface area contributed by atoms with Crippen molar-refractivity contribution in [3.8, 4) is 6.07 Å². The third-order valence-electron chi connectivity index (χ3n) is 2.51. The smallest absolute Gasteiger partial charge is 0.271 e. The maximum absolute atomic E-state index is 12.0. The van der Waals surface area contributed by atoms with E-state index in [2.05, 4.69) is 5.32 Å². The molecule has 0 saturated carbocycles. The Morgan fingerprint density at radius 3 is 2.81 bits per heavy atom. The molecule has 0 radical (unpaired) electrons. The molecule has 0 aliphatic carbocycles. The lowest BCUT2D eigenvalue weighted by Crippen LogP contribution is -2.13. The van der Waals surface area contributed by atoms with E-state index in [9.17, 15) is 14.9 Å². The van der Waals surface area contributed by atoms with Crippen LogP contribution in [0.15, 0.2) is 47.4 Å². The van der Waals surface area contributed by atoms with Gasteiger partial charge in [-0.2, -0.15) is 5.26 Å². The second-order valence-corrected chi connectivity index (χ2v) is 4.93. The summed E-state index contributed by atoms with van der Waals surface area (Å²) in [4.78, 5) is 22.9. The number of non-ortho nitro benzene ring substituents is 1. The van der Waals surface area contributed by atoms with Crippen LogP contribution in [0.25, 0.3) is 6.08 Å².